The molecule has 0 heterocycles. The van der Waals surface area contributed by atoms with Crippen molar-refractivity contribution < 1.29 is 35.3 Å². The second-order valence-electron chi connectivity index (χ2n) is 3.55. The van der Waals surface area contributed by atoms with E-state index in [9.17, 15) is 26.4 Å². The van der Waals surface area contributed by atoms with Gasteiger partial charge in [-0.1, -0.05) is 0 Å². The lowest BCUT2D eigenvalue weighted by Crippen LogP contribution is -2.51. The van der Waals surface area contributed by atoms with E-state index in [1.807, 2.05) is 0 Å². The van der Waals surface area contributed by atoms with Crippen LogP contribution in [0.15, 0.2) is 0 Å². The SMILES string of the molecule is CCOC(=O)C1(OS(=O)(=O)C(F)(F)F)CCC1. The Balaban J connectivity index is 2.88. The molecule has 9 heteroatoms. The van der Waals surface area contributed by atoms with Crippen LogP contribution in [0.2, 0.25) is 0 Å². The minimum absolute atomic E-state index is 0.0595. The zero-order valence-corrected chi connectivity index (χ0v) is 9.73. The van der Waals surface area contributed by atoms with Gasteiger partial charge in [-0.15, -0.1) is 0 Å². The van der Waals surface area contributed by atoms with E-state index in [0.717, 1.165) is 0 Å². The fourth-order valence-electron chi connectivity index (χ4n) is 1.34. The Bertz CT molecular complexity index is 396. The molecule has 5 nitrogen and oxygen atoms in total. The molecule has 0 radical (unpaired) electrons. The molecule has 1 rings (SSSR count). The number of esters is 1. The molecule has 0 N–H and O–H groups in total. The number of rotatable bonds is 4. The second kappa shape index (κ2) is 4.45. The average Bonchev–Trinajstić information content (AvgIpc) is 2.09. The Labute approximate surface area is 96.0 Å². The standard InChI is InChI=1S/C8H11F3O5S/c1-2-15-6(12)7(4-3-5-7)16-17(13,14)8(9,10)11/h2-5H2,1H3. The van der Waals surface area contributed by atoms with E-state index >= 15 is 0 Å². The maximum absolute atomic E-state index is 12.1. The molecule has 0 unspecified atom stereocenters. The summed E-state index contributed by atoms with van der Waals surface area (Å²) in [6, 6.07) is 0. The first-order valence-electron chi connectivity index (χ1n) is 4.84. The van der Waals surface area contributed by atoms with Crippen molar-refractivity contribution in [3.63, 3.8) is 0 Å². The molecule has 0 bridgehead atoms. The van der Waals surface area contributed by atoms with Crippen LogP contribution < -0.4 is 0 Å². The minimum Gasteiger partial charge on any atom is -0.464 e. The van der Waals surface area contributed by atoms with E-state index in [-0.39, 0.29) is 19.4 Å². The lowest BCUT2D eigenvalue weighted by Gasteiger charge is -2.37. The summed E-state index contributed by atoms with van der Waals surface area (Å²) in [4.78, 5) is 11.4. The van der Waals surface area contributed by atoms with E-state index in [1.165, 1.54) is 6.92 Å². The third kappa shape index (κ3) is 2.71. The molecule has 0 amide bonds. The molecular weight excluding hydrogens is 265 g/mol. The number of carbonyl (C=O) groups is 1. The van der Waals surface area contributed by atoms with E-state index < -0.39 is 27.2 Å². The molecule has 17 heavy (non-hydrogen) atoms. The van der Waals surface area contributed by atoms with Gasteiger partial charge in [-0.25, -0.2) is 8.98 Å². The summed E-state index contributed by atoms with van der Waals surface area (Å²) >= 11 is 0. The predicted octanol–water partition coefficient (Wildman–Crippen LogP) is 1.34. The highest BCUT2D eigenvalue weighted by Gasteiger charge is 2.57. The highest BCUT2D eigenvalue weighted by molar-refractivity contribution is 7.87. The van der Waals surface area contributed by atoms with Gasteiger partial charge in [0.1, 0.15) is 0 Å². The van der Waals surface area contributed by atoms with Crippen molar-refractivity contribution in [3.8, 4) is 0 Å². The van der Waals surface area contributed by atoms with Crippen LogP contribution >= 0.6 is 0 Å². The van der Waals surface area contributed by atoms with Gasteiger partial charge in [0.25, 0.3) is 0 Å². The number of ether oxygens (including phenoxy) is 1. The van der Waals surface area contributed by atoms with Crippen LogP contribution in [0.4, 0.5) is 13.2 Å². The monoisotopic (exact) mass is 276 g/mol. The van der Waals surface area contributed by atoms with Crippen molar-refractivity contribution in [2.75, 3.05) is 6.61 Å². The summed E-state index contributed by atoms with van der Waals surface area (Å²) in [6.07, 6.45) is 0.217. The molecule has 1 aliphatic carbocycles. The largest absolute Gasteiger partial charge is 0.523 e. The van der Waals surface area contributed by atoms with Crippen molar-refractivity contribution in [1.82, 2.24) is 0 Å². The predicted molar refractivity (Wildman–Crippen MR) is 49.3 cm³/mol. The zero-order valence-electron chi connectivity index (χ0n) is 8.91. The Hall–Kier alpha value is -0.830. The fraction of sp³-hybridized carbons (Fsp3) is 0.875. The third-order valence-corrected chi connectivity index (χ3v) is 3.47. The molecule has 0 atom stereocenters. The minimum atomic E-state index is -5.78. The molecule has 1 saturated carbocycles. The second-order valence-corrected chi connectivity index (χ2v) is 5.09. The van der Waals surface area contributed by atoms with Crippen LogP contribution in [0.25, 0.3) is 0 Å². The normalized spacial score (nSPS) is 19.5. The van der Waals surface area contributed by atoms with Crippen molar-refractivity contribution in [3.05, 3.63) is 0 Å². The quantitative estimate of drug-likeness (QED) is 0.440. The lowest BCUT2D eigenvalue weighted by molar-refractivity contribution is -0.171. The summed E-state index contributed by atoms with van der Waals surface area (Å²) in [5.74, 6) is -1.07. The number of hydrogen-bond donors (Lipinski definition) is 0. The van der Waals surface area contributed by atoms with Gasteiger partial charge in [-0.3, -0.25) is 0 Å². The molecule has 1 aliphatic rings. The molecule has 0 aromatic heterocycles. The van der Waals surface area contributed by atoms with Gasteiger partial charge in [-0.05, 0) is 26.2 Å². The molecular formula is C8H11F3O5S. The highest BCUT2D eigenvalue weighted by Crippen LogP contribution is 2.41. The molecule has 0 spiro atoms. The Morgan fingerprint density at radius 2 is 1.88 bits per heavy atom. The maximum Gasteiger partial charge on any atom is 0.523 e. The Kier molecular flexibility index (Phi) is 3.72. The van der Waals surface area contributed by atoms with Crippen LogP contribution in [-0.2, 0) is 23.8 Å². The van der Waals surface area contributed by atoms with E-state index in [0.29, 0.717) is 6.42 Å². The molecule has 1 fully saturated rings. The molecule has 0 saturated heterocycles. The maximum atomic E-state index is 12.1. The Morgan fingerprint density at radius 1 is 1.35 bits per heavy atom. The number of halogens is 3. The van der Waals surface area contributed by atoms with Crippen molar-refractivity contribution in [2.24, 2.45) is 0 Å². The molecule has 0 aromatic rings. The molecule has 100 valence electrons. The smallest absolute Gasteiger partial charge is 0.464 e. The van der Waals surface area contributed by atoms with Crippen LogP contribution in [0.5, 0.6) is 0 Å². The van der Waals surface area contributed by atoms with Crippen LogP contribution in [0, 0.1) is 0 Å². The van der Waals surface area contributed by atoms with Crippen LogP contribution in [0.1, 0.15) is 26.2 Å². The molecule has 0 aromatic carbocycles. The van der Waals surface area contributed by atoms with Crippen LogP contribution in [0.3, 0.4) is 0 Å². The first-order valence-corrected chi connectivity index (χ1v) is 6.24. The first kappa shape index (κ1) is 14.2. The van der Waals surface area contributed by atoms with E-state index in [2.05, 4.69) is 8.92 Å². The number of alkyl halides is 3. The lowest BCUT2D eigenvalue weighted by atomic mass is 9.80. The topological polar surface area (TPSA) is 69.7 Å². The number of hydrogen-bond acceptors (Lipinski definition) is 5. The van der Waals surface area contributed by atoms with Gasteiger partial charge in [0, 0.05) is 0 Å². The number of carbonyl (C=O) groups excluding carboxylic acids is 1. The van der Waals surface area contributed by atoms with Gasteiger partial charge >= 0.3 is 21.6 Å². The van der Waals surface area contributed by atoms with E-state index in [4.69, 9.17) is 0 Å². The molecule has 0 aliphatic heterocycles. The summed E-state index contributed by atoms with van der Waals surface area (Å²) in [5.41, 5.74) is -7.54. The summed E-state index contributed by atoms with van der Waals surface area (Å²) in [7, 11) is -5.78. The average molecular weight is 276 g/mol. The van der Waals surface area contributed by atoms with Gasteiger partial charge < -0.3 is 4.74 Å². The van der Waals surface area contributed by atoms with Gasteiger partial charge in [0.15, 0.2) is 5.60 Å². The van der Waals surface area contributed by atoms with Crippen molar-refractivity contribution in [2.45, 2.75) is 37.3 Å². The van der Waals surface area contributed by atoms with Crippen molar-refractivity contribution in [1.29, 1.82) is 0 Å². The first-order chi connectivity index (χ1) is 7.65. The highest BCUT2D eigenvalue weighted by atomic mass is 32.2. The fourth-order valence-corrected chi connectivity index (χ4v) is 2.09. The third-order valence-electron chi connectivity index (χ3n) is 2.36. The van der Waals surface area contributed by atoms with E-state index in [1.54, 1.807) is 0 Å². The Morgan fingerprint density at radius 3 is 2.18 bits per heavy atom. The summed E-state index contributed by atoms with van der Waals surface area (Å²) in [5, 5.41) is 0. The van der Waals surface area contributed by atoms with Gasteiger partial charge in [0.05, 0.1) is 6.61 Å². The summed E-state index contributed by atoms with van der Waals surface area (Å²) < 4.78 is 66.5. The summed E-state index contributed by atoms with van der Waals surface area (Å²) in [6.45, 7) is 1.40. The van der Waals surface area contributed by atoms with Crippen molar-refractivity contribution >= 4 is 16.1 Å². The van der Waals surface area contributed by atoms with Gasteiger partial charge in [0.2, 0.25) is 0 Å². The van der Waals surface area contributed by atoms with Crippen LogP contribution in [-0.4, -0.2) is 32.1 Å². The van der Waals surface area contributed by atoms with Gasteiger partial charge in [-0.2, -0.15) is 21.6 Å². The zero-order chi connectivity index (χ0) is 13.3.